The maximum Gasteiger partial charge on any atom is 0.310 e. The van der Waals surface area contributed by atoms with E-state index in [2.05, 4.69) is 35.9 Å². The van der Waals surface area contributed by atoms with Crippen molar-refractivity contribution < 1.29 is 18.9 Å². The van der Waals surface area contributed by atoms with Gasteiger partial charge < -0.3 is 4.74 Å². The molecule has 32 heavy (non-hydrogen) atoms. The molecule has 3 aromatic rings. The van der Waals surface area contributed by atoms with Gasteiger partial charge in [-0.05, 0) is 45.0 Å². The maximum absolute atomic E-state index is 13.5. The van der Waals surface area contributed by atoms with Gasteiger partial charge in [0.05, 0.1) is 23.5 Å². The number of allylic oxidation sites excluding steroid dienone is 1. The number of halogens is 1. The van der Waals surface area contributed by atoms with Gasteiger partial charge in [0.1, 0.15) is 4.21 Å². The molecule has 0 saturated heterocycles. The number of nitrogens with zero attached hydrogens (tertiary/aromatic N) is 1. The molecule has 2 heterocycles. The Labute approximate surface area is 205 Å². The number of thiophene rings is 1. The van der Waals surface area contributed by atoms with Crippen LogP contribution in [0.15, 0.2) is 75.2 Å². The quantitative estimate of drug-likeness (QED) is 0.109. The number of thioether (sulfide) groups is 1. The Kier molecular flexibility index (Phi) is 8.84. The Balaban J connectivity index is 2.16. The van der Waals surface area contributed by atoms with E-state index in [-0.39, 0.29) is 18.2 Å². The van der Waals surface area contributed by atoms with Crippen LogP contribution < -0.4 is 4.57 Å². The third-order valence-corrected chi connectivity index (χ3v) is 7.50. The second-order valence-electron chi connectivity index (χ2n) is 7.24. The van der Waals surface area contributed by atoms with Crippen LogP contribution in [0.5, 0.6) is 0 Å². The van der Waals surface area contributed by atoms with Crippen LogP contribution in [0, 0.1) is 0 Å². The number of benzene rings is 1. The Bertz CT molecular complexity index is 1120. The van der Waals surface area contributed by atoms with Gasteiger partial charge in [0.2, 0.25) is 11.5 Å². The zero-order valence-corrected chi connectivity index (χ0v) is 21.5. The first-order valence-electron chi connectivity index (χ1n) is 10.2. The van der Waals surface area contributed by atoms with Gasteiger partial charge in [0.15, 0.2) is 12.4 Å². The lowest BCUT2D eigenvalue weighted by atomic mass is 10.0. The summed E-state index contributed by atoms with van der Waals surface area (Å²) in [4.78, 5) is 26.6. The number of carbonyl (C=O) groups is 2. The van der Waals surface area contributed by atoms with E-state index in [1.165, 1.54) is 16.9 Å². The zero-order valence-electron chi connectivity index (χ0n) is 18.3. The molecule has 4 nitrogen and oxygen atoms in total. The summed E-state index contributed by atoms with van der Waals surface area (Å²) in [5, 5.41) is 0. The fourth-order valence-corrected chi connectivity index (χ4v) is 5.96. The molecule has 0 amide bonds. The molecule has 3 rings (SSSR count). The Hall–Kier alpha value is -2.22. The first-order valence-corrected chi connectivity index (χ1v) is 12.8. The number of carbonyl (C=O) groups excluding carboxylic acids is 2. The summed E-state index contributed by atoms with van der Waals surface area (Å²) >= 11 is 6.53. The van der Waals surface area contributed by atoms with Crippen LogP contribution >= 0.6 is 39.0 Å². The van der Waals surface area contributed by atoms with Gasteiger partial charge in [-0.15, -0.1) is 23.1 Å². The summed E-state index contributed by atoms with van der Waals surface area (Å²) in [6.07, 6.45) is 6.08. The van der Waals surface area contributed by atoms with Crippen molar-refractivity contribution >= 4 is 50.8 Å². The first-order chi connectivity index (χ1) is 15.4. The fourth-order valence-electron chi connectivity index (χ4n) is 3.06. The van der Waals surface area contributed by atoms with Crippen LogP contribution in [0.2, 0.25) is 0 Å². The summed E-state index contributed by atoms with van der Waals surface area (Å²) in [5.41, 5.74) is 3.40. The number of rotatable bonds is 9. The highest BCUT2D eigenvalue weighted by molar-refractivity contribution is 9.10. The minimum atomic E-state index is -0.339. The summed E-state index contributed by atoms with van der Waals surface area (Å²) in [7, 11) is 0. The predicted octanol–water partition coefficient (Wildman–Crippen LogP) is 6.18. The van der Waals surface area contributed by atoms with Crippen molar-refractivity contribution in [3.05, 3.63) is 87.0 Å². The lowest BCUT2D eigenvalue weighted by molar-refractivity contribution is -0.598. The zero-order chi connectivity index (χ0) is 23.1. The number of pyridine rings is 1. The Morgan fingerprint density at radius 1 is 1.12 bits per heavy atom. The summed E-state index contributed by atoms with van der Waals surface area (Å²) in [6.45, 7) is 6.22. The monoisotopic (exact) mass is 530 g/mol. The highest BCUT2D eigenvalue weighted by Gasteiger charge is 2.31. The lowest BCUT2D eigenvalue weighted by Gasteiger charge is -2.05. The largest absolute Gasteiger partial charge is 0.466 e. The van der Waals surface area contributed by atoms with Gasteiger partial charge in [-0.2, -0.15) is 4.57 Å². The molecule has 0 fully saturated rings. The van der Waals surface area contributed by atoms with Crippen molar-refractivity contribution in [2.45, 2.75) is 31.4 Å². The molecule has 0 aliphatic heterocycles. The average Bonchev–Trinajstić information content (AvgIpc) is 3.12. The van der Waals surface area contributed by atoms with Crippen LogP contribution in [0.3, 0.4) is 0 Å². The van der Waals surface area contributed by atoms with Crippen LogP contribution in [0.1, 0.15) is 41.6 Å². The summed E-state index contributed by atoms with van der Waals surface area (Å²) < 4.78 is 9.12. The third kappa shape index (κ3) is 6.18. The van der Waals surface area contributed by atoms with E-state index in [4.69, 9.17) is 4.74 Å². The highest BCUT2D eigenvalue weighted by atomic mass is 79.9. The molecule has 0 spiro atoms. The number of ketones is 1. The number of esters is 1. The SMILES string of the molecule is CCOC(=O)Cc1c(C(=O)c2ccc(Br)cc2)sc(SCC=C(C)C)c1-[n+]1ccccc1. The number of aromatic nitrogens is 1. The van der Waals surface area contributed by atoms with E-state index in [0.29, 0.717) is 22.6 Å². The van der Waals surface area contributed by atoms with Gasteiger partial charge >= 0.3 is 5.97 Å². The number of hydrogen-bond donors (Lipinski definition) is 0. The summed E-state index contributed by atoms with van der Waals surface area (Å²) in [5.74, 6) is 0.357. The minimum absolute atomic E-state index is 0.0440. The minimum Gasteiger partial charge on any atom is -0.466 e. The third-order valence-electron chi connectivity index (χ3n) is 4.57. The lowest BCUT2D eigenvalue weighted by Crippen LogP contribution is -2.31. The van der Waals surface area contributed by atoms with E-state index in [0.717, 1.165) is 20.1 Å². The first kappa shape index (κ1) is 24.4. The molecule has 0 radical (unpaired) electrons. The second kappa shape index (κ2) is 11.6. The predicted molar refractivity (Wildman–Crippen MR) is 134 cm³/mol. The highest BCUT2D eigenvalue weighted by Crippen LogP contribution is 2.38. The van der Waals surface area contributed by atoms with Gasteiger partial charge in [0.25, 0.3) is 0 Å². The fraction of sp³-hybridized carbons (Fsp3) is 0.240. The van der Waals surface area contributed by atoms with E-state index in [1.54, 1.807) is 30.8 Å². The molecule has 2 aromatic heterocycles. The van der Waals surface area contributed by atoms with Crippen LogP contribution in [0.4, 0.5) is 0 Å². The van der Waals surface area contributed by atoms with Crippen molar-refractivity contribution in [2.75, 3.05) is 12.4 Å². The maximum atomic E-state index is 13.5. The standard InChI is InChI=1S/C25H25BrNO3S2/c1-4-30-21(28)16-20-22(27-13-6-5-7-14-27)25(31-15-12-17(2)3)32-24(20)23(29)18-8-10-19(26)11-9-18/h5-14H,4,15-16H2,1-3H3/q+1. The molecule has 0 N–H and O–H groups in total. The van der Waals surface area contributed by atoms with E-state index >= 15 is 0 Å². The molecule has 1 aromatic carbocycles. The van der Waals surface area contributed by atoms with Crippen molar-refractivity contribution in [3.63, 3.8) is 0 Å². The van der Waals surface area contributed by atoms with Crippen LogP contribution in [0.25, 0.3) is 5.69 Å². The van der Waals surface area contributed by atoms with Gasteiger partial charge in [-0.25, -0.2) is 0 Å². The van der Waals surface area contributed by atoms with Crippen molar-refractivity contribution in [2.24, 2.45) is 0 Å². The normalized spacial score (nSPS) is 10.6. The van der Waals surface area contributed by atoms with Crippen LogP contribution in [-0.2, 0) is 16.0 Å². The molecule has 0 atom stereocenters. The van der Waals surface area contributed by atoms with Gasteiger partial charge in [0, 0.05) is 27.9 Å². The molecular weight excluding hydrogens is 506 g/mol. The molecule has 0 aliphatic carbocycles. The molecule has 166 valence electrons. The second-order valence-corrected chi connectivity index (χ2v) is 10.5. The molecule has 0 saturated carbocycles. The van der Waals surface area contributed by atoms with Crippen LogP contribution in [-0.4, -0.2) is 24.1 Å². The molecule has 0 bridgehead atoms. The molecule has 0 unspecified atom stereocenters. The molecule has 0 aliphatic rings. The topological polar surface area (TPSA) is 47.3 Å². The summed E-state index contributed by atoms with van der Waals surface area (Å²) in [6, 6.07) is 13.1. The van der Waals surface area contributed by atoms with E-state index < -0.39 is 0 Å². The van der Waals surface area contributed by atoms with Crippen molar-refractivity contribution in [3.8, 4) is 5.69 Å². The molecule has 7 heteroatoms. The average molecular weight is 532 g/mol. The number of ether oxygens (including phenoxy) is 1. The molecular formula is C25H25BrNO3S2+. The smallest absolute Gasteiger partial charge is 0.310 e. The van der Waals surface area contributed by atoms with Crippen molar-refractivity contribution in [1.29, 1.82) is 0 Å². The Morgan fingerprint density at radius 2 is 1.81 bits per heavy atom. The Morgan fingerprint density at radius 3 is 2.44 bits per heavy atom. The van der Waals surface area contributed by atoms with Crippen molar-refractivity contribution in [1.82, 2.24) is 0 Å². The number of hydrogen-bond acceptors (Lipinski definition) is 5. The van der Waals surface area contributed by atoms with Gasteiger partial charge in [-0.1, -0.05) is 33.6 Å². The van der Waals surface area contributed by atoms with E-state index in [1.807, 2.05) is 47.3 Å². The van der Waals surface area contributed by atoms with Gasteiger partial charge in [-0.3, -0.25) is 9.59 Å². The van der Waals surface area contributed by atoms with E-state index in [9.17, 15) is 9.59 Å².